The van der Waals surface area contributed by atoms with Gasteiger partial charge in [-0.1, -0.05) is 22.9 Å². The molecule has 0 aliphatic carbocycles. The van der Waals surface area contributed by atoms with Crippen LogP contribution in [-0.4, -0.2) is 25.0 Å². The largest absolute Gasteiger partial charge is 0.492 e. The number of hydrogen-bond donors (Lipinski definition) is 2. The van der Waals surface area contributed by atoms with E-state index in [-0.39, 0.29) is 11.8 Å². The van der Waals surface area contributed by atoms with Crippen molar-refractivity contribution in [2.75, 3.05) is 23.8 Å². The van der Waals surface area contributed by atoms with Gasteiger partial charge in [-0.15, -0.1) is 0 Å². The molecule has 2 rings (SSSR count). The van der Waals surface area contributed by atoms with Crippen LogP contribution >= 0.6 is 15.9 Å². The fourth-order valence-electron chi connectivity index (χ4n) is 2.34. The second-order valence-corrected chi connectivity index (χ2v) is 6.49. The molecule has 7 heteroatoms. The van der Waals surface area contributed by atoms with Gasteiger partial charge in [0, 0.05) is 28.6 Å². The quantitative estimate of drug-likeness (QED) is 0.622. The van der Waals surface area contributed by atoms with E-state index in [1.165, 1.54) is 0 Å². The number of carbonyl (C=O) groups is 2. The number of amides is 2. The molecular weight excluding hydrogens is 412 g/mol. The van der Waals surface area contributed by atoms with Crippen molar-refractivity contribution in [2.45, 2.75) is 27.2 Å². The monoisotopic (exact) mass is 434 g/mol. The lowest BCUT2D eigenvalue weighted by molar-refractivity contribution is -0.115. The summed E-state index contributed by atoms with van der Waals surface area (Å²) in [6.07, 6.45) is 0.345. The summed E-state index contributed by atoms with van der Waals surface area (Å²) in [6, 6.07) is 10.4. The zero-order valence-electron chi connectivity index (χ0n) is 15.6. The maximum atomic E-state index is 12.6. The molecule has 144 valence electrons. The van der Waals surface area contributed by atoms with Crippen molar-refractivity contribution in [1.82, 2.24) is 0 Å². The Hall–Kier alpha value is -2.54. The first-order chi connectivity index (χ1) is 13.0. The average molecular weight is 435 g/mol. The third-order valence-corrected chi connectivity index (χ3v) is 4.16. The molecule has 0 unspecified atom stereocenters. The van der Waals surface area contributed by atoms with Gasteiger partial charge in [0.2, 0.25) is 5.91 Å². The SMILES string of the molecule is CCOc1cc(NC(=O)c2ccc(Br)cc2)c(OCC)cc1NC(=O)CC. The number of ether oxygens (including phenoxy) is 2. The number of nitrogens with one attached hydrogen (secondary N) is 2. The van der Waals surface area contributed by atoms with Crippen LogP contribution in [0.2, 0.25) is 0 Å². The van der Waals surface area contributed by atoms with E-state index >= 15 is 0 Å². The Bertz CT molecular complexity index is 806. The zero-order chi connectivity index (χ0) is 19.8. The number of halogens is 1. The standard InChI is InChI=1S/C20H23BrN2O4/c1-4-19(24)22-15-11-18(27-6-3)16(12-17(15)26-5-2)23-20(25)13-7-9-14(21)10-8-13/h7-12H,4-6H2,1-3H3,(H,22,24)(H,23,25). The highest BCUT2D eigenvalue weighted by atomic mass is 79.9. The van der Waals surface area contributed by atoms with Gasteiger partial charge < -0.3 is 20.1 Å². The van der Waals surface area contributed by atoms with Crippen LogP contribution in [0, 0.1) is 0 Å². The van der Waals surface area contributed by atoms with Crippen LogP contribution in [0.15, 0.2) is 40.9 Å². The first-order valence-electron chi connectivity index (χ1n) is 8.78. The minimum Gasteiger partial charge on any atom is -0.492 e. The molecule has 0 heterocycles. The fourth-order valence-corrected chi connectivity index (χ4v) is 2.60. The van der Waals surface area contributed by atoms with Crippen molar-refractivity contribution in [1.29, 1.82) is 0 Å². The van der Waals surface area contributed by atoms with Crippen LogP contribution in [0.4, 0.5) is 11.4 Å². The van der Waals surface area contributed by atoms with Crippen molar-refractivity contribution in [3.8, 4) is 11.5 Å². The number of hydrogen-bond acceptors (Lipinski definition) is 4. The molecule has 6 nitrogen and oxygen atoms in total. The lowest BCUT2D eigenvalue weighted by atomic mass is 10.2. The third kappa shape index (κ3) is 5.72. The molecule has 0 saturated heterocycles. The predicted octanol–water partition coefficient (Wildman–Crippen LogP) is 4.85. The van der Waals surface area contributed by atoms with E-state index < -0.39 is 0 Å². The van der Waals surface area contributed by atoms with Gasteiger partial charge in [-0.2, -0.15) is 0 Å². The fraction of sp³-hybridized carbons (Fsp3) is 0.300. The van der Waals surface area contributed by atoms with Crippen molar-refractivity contribution < 1.29 is 19.1 Å². The van der Waals surface area contributed by atoms with E-state index in [0.29, 0.717) is 48.1 Å². The number of carbonyl (C=O) groups excluding carboxylic acids is 2. The minimum absolute atomic E-state index is 0.134. The molecule has 0 aliphatic rings. The molecule has 0 fully saturated rings. The third-order valence-electron chi connectivity index (χ3n) is 3.63. The second kappa shape index (κ2) is 9.97. The highest BCUT2D eigenvalue weighted by Gasteiger charge is 2.16. The number of rotatable bonds is 8. The topological polar surface area (TPSA) is 76.7 Å². The molecule has 0 bridgehead atoms. The van der Waals surface area contributed by atoms with Crippen LogP contribution in [-0.2, 0) is 4.79 Å². The van der Waals surface area contributed by atoms with Crippen molar-refractivity contribution in [3.63, 3.8) is 0 Å². The van der Waals surface area contributed by atoms with E-state index in [2.05, 4.69) is 26.6 Å². The molecule has 2 aromatic carbocycles. The summed E-state index contributed by atoms with van der Waals surface area (Å²) >= 11 is 3.35. The van der Waals surface area contributed by atoms with Crippen LogP contribution < -0.4 is 20.1 Å². The molecule has 0 radical (unpaired) electrons. The maximum Gasteiger partial charge on any atom is 0.255 e. The Morgan fingerprint density at radius 2 is 1.41 bits per heavy atom. The Balaban J connectivity index is 2.37. The number of anilines is 2. The molecule has 0 atom stereocenters. The summed E-state index contributed by atoms with van der Waals surface area (Å²) in [4.78, 5) is 24.4. The van der Waals surface area contributed by atoms with Crippen LogP contribution in [0.5, 0.6) is 11.5 Å². The van der Waals surface area contributed by atoms with Gasteiger partial charge in [-0.25, -0.2) is 0 Å². The highest BCUT2D eigenvalue weighted by Crippen LogP contribution is 2.37. The molecule has 2 N–H and O–H groups in total. The van der Waals surface area contributed by atoms with Crippen molar-refractivity contribution in [3.05, 3.63) is 46.4 Å². The molecular formula is C20H23BrN2O4. The first kappa shape index (κ1) is 20.8. The molecule has 2 aromatic rings. The molecule has 27 heavy (non-hydrogen) atoms. The van der Waals surface area contributed by atoms with E-state index in [1.54, 1.807) is 43.3 Å². The summed E-state index contributed by atoms with van der Waals surface area (Å²) < 4.78 is 12.2. The smallest absolute Gasteiger partial charge is 0.255 e. The van der Waals surface area contributed by atoms with E-state index in [0.717, 1.165) is 4.47 Å². The van der Waals surface area contributed by atoms with Gasteiger partial charge >= 0.3 is 0 Å². The van der Waals surface area contributed by atoms with Crippen molar-refractivity contribution in [2.24, 2.45) is 0 Å². The molecule has 0 saturated carbocycles. The molecule has 2 amide bonds. The van der Waals surface area contributed by atoms with Crippen LogP contribution in [0.3, 0.4) is 0 Å². The predicted molar refractivity (Wildman–Crippen MR) is 110 cm³/mol. The Morgan fingerprint density at radius 1 is 0.889 bits per heavy atom. The van der Waals surface area contributed by atoms with E-state index in [9.17, 15) is 9.59 Å². The Kier molecular flexibility index (Phi) is 7.67. The zero-order valence-corrected chi connectivity index (χ0v) is 17.2. The van der Waals surface area contributed by atoms with E-state index in [1.807, 2.05) is 13.8 Å². The van der Waals surface area contributed by atoms with Gasteiger partial charge in [-0.05, 0) is 38.1 Å². The summed E-state index contributed by atoms with van der Waals surface area (Å²) in [6.45, 7) is 6.30. The minimum atomic E-state index is -0.267. The van der Waals surface area contributed by atoms with Gasteiger partial charge in [0.25, 0.3) is 5.91 Å². The average Bonchev–Trinajstić information content (AvgIpc) is 2.65. The van der Waals surface area contributed by atoms with Crippen LogP contribution in [0.1, 0.15) is 37.6 Å². The van der Waals surface area contributed by atoms with Crippen LogP contribution in [0.25, 0.3) is 0 Å². The summed E-state index contributed by atoms with van der Waals surface area (Å²) in [5.41, 5.74) is 1.50. The Labute approximate surface area is 167 Å². The Morgan fingerprint density at radius 3 is 1.89 bits per heavy atom. The lowest BCUT2D eigenvalue weighted by Crippen LogP contribution is -2.15. The van der Waals surface area contributed by atoms with E-state index in [4.69, 9.17) is 9.47 Å². The molecule has 0 aliphatic heterocycles. The van der Waals surface area contributed by atoms with Gasteiger partial charge in [0.1, 0.15) is 11.5 Å². The van der Waals surface area contributed by atoms with Gasteiger partial charge in [0.15, 0.2) is 0 Å². The van der Waals surface area contributed by atoms with Crippen molar-refractivity contribution >= 4 is 39.1 Å². The lowest BCUT2D eigenvalue weighted by Gasteiger charge is -2.17. The summed E-state index contributed by atoms with van der Waals surface area (Å²) in [5.74, 6) is 0.521. The summed E-state index contributed by atoms with van der Waals surface area (Å²) in [7, 11) is 0. The second-order valence-electron chi connectivity index (χ2n) is 5.57. The molecule has 0 aromatic heterocycles. The van der Waals surface area contributed by atoms with Gasteiger partial charge in [-0.3, -0.25) is 9.59 Å². The normalized spacial score (nSPS) is 10.2. The summed E-state index contributed by atoms with van der Waals surface area (Å²) in [5, 5.41) is 5.65. The first-order valence-corrected chi connectivity index (χ1v) is 9.58. The molecule has 0 spiro atoms. The van der Waals surface area contributed by atoms with Gasteiger partial charge in [0.05, 0.1) is 24.6 Å². The highest BCUT2D eigenvalue weighted by molar-refractivity contribution is 9.10. The maximum absolute atomic E-state index is 12.6. The number of benzene rings is 2.